The summed E-state index contributed by atoms with van der Waals surface area (Å²) >= 11 is 13.0. The number of hydrogen-bond acceptors (Lipinski definition) is 3. The average Bonchev–Trinajstić information content (AvgIpc) is 3.28. The van der Waals surface area contributed by atoms with Crippen molar-refractivity contribution in [1.29, 1.82) is 5.26 Å². The summed E-state index contributed by atoms with van der Waals surface area (Å²) in [7, 11) is 0. The highest BCUT2D eigenvalue weighted by molar-refractivity contribution is 6.45. The molecule has 150 valence electrons. The molecule has 3 aromatic rings. The van der Waals surface area contributed by atoms with E-state index in [9.17, 15) is 5.26 Å². The van der Waals surface area contributed by atoms with E-state index in [1.54, 1.807) is 0 Å². The monoisotopic (exact) mass is 428 g/mol. The van der Waals surface area contributed by atoms with E-state index in [4.69, 9.17) is 27.9 Å². The molecule has 2 unspecified atom stereocenters. The second-order valence-corrected chi connectivity index (χ2v) is 8.72. The van der Waals surface area contributed by atoms with Crippen LogP contribution in [0.2, 0.25) is 10.0 Å². The number of benzene rings is 1. The number of nitrogens with zero attached hydrogens (tertiary/aromatic N) is 4. The molecule has 0 aliphatic carbocycles. The molecule has 5 nitrogen and oxygen atoms in total. The summed E-state index contributed by atoms with van der Waals surface area (Å²) in [5.74, 6) is -0.0203. The highest BCUT2D eigenvalue weighted by Crippen LogP contribution is 2.43. The highest BCUT2D eigenvalue weighted by Gasteiger charge is 2.27. The van der Waals surface area contributed by atoms with Crippen molar-refractivity contribution in [3.63, 3.8) is 0 Å². The lowest BCUT2D eigenvalue weighted by Gasteiger charge is -2.22. The van der Waals surface area contributed by atoms with Crippen LogP contribution < -0.4 is 0 Å². The number of nitriles is 1. The van der Waals surface area contributed by atoms with Crippen LogP contribution >= 0.6 is 23.2 Å². The lowest BCUT2D eigenvalue weighted by molar-refractivity contribution is -0.0394. The predicted octanol–water partition coefficient (Wildman–Crippen LogP) is 5.99. The van der Waals surface area contributed by atoms with Crippen LogP contribution in [-0.2, 0) is 17.7 Å². The van der Waals surface area contributed by atoms with Crippen molar-refractivity contribution < 1.29 is 4.74 Å². The van der Waals surface area contributed by atoms with Gasteiger partial charge in [-0.1, -0.05) is 29.3 Å². The van der Waals surface area contributed by atoms with Gasteiger partial charge in [0.25, 0.3) is 0 Å². The molecule has 0 bridgehead atoms. The maximum atomic E-state index is 9.56. The molecule has 1 saturated heterocycles. The summed E-state index contributed by atoms with van der Waals surface area (Å²) in [5.41, 5.74) is 4.35. The van der Waals surface area contributed by atoms with Crippen molar-refractivity contribution in [2.24, 2.45) is 5.92 Å². The number of aromatic nitrogens is 3. The van der Waals surface area contributed by atoms with E-state index in [0.717, 1.165) is 67.2 Å². The summed E-state index contributed by atoms with van der Waals surface area (Å²) in [6.45, 7) is 1.43. The van der Waals surface area contributed by atoms with E-state index in [0.29, 0.717) is 16.6 Å². The van der Waals surface area contributed by atoms with E-state index >= 15 is 0 Å². The lowest BCUT2D eigenvalue weighted by Crippen LogP contribution is -2.18. The molecule has 5 rings (SSSR count). The van der Waals surface area contributed by atoms with Crippen molar-refractivity contribution in [3.05, 3.63) is 40.3 Å². The Bertz CT molecular complexity index is 1100. The Morgan fingerprint density at radius 2 is 2.07 bits per heavy atom. The van der Waals surface area contributed by atoms with Gasteiger partial charge >= 0.3 is 0 Å². The van der Waals surface area contributed by atoms with Crippen LogP contribution in [0.15, 0.2) is 24.5 Å². The summed E-state index contributed by atoms with van der Waals surface area (Å²) < 4.78 is 10.1. The summed E-state index contributed by atoms with van der Waals surface area (Å²) in [4.78, 5) is 0. The topological polar surface area (TPSA) is 55.8 Å². The molecule has 0 saturated carbocycles. The molecule has 1 fully saturated rings. The Morgan fingerprint density at radius 1 is 1.17 bits per heavy atom. The zero-order valence-electron chi connectivity index (χ0n) is 16.1. The molecule has 0 amide bonds. The van der Waals surface area contributed by atoms with Gasteiger partial charge < -0.3 is 9.30 Å². The van der Waals surface area contributed by atoms with Crippen LogP contribution in [0.5, 0.6) is 0 Å². The molecule has 7 heteroatoms. The van der Waals surface area contributed by atoms with Crippen LogP contribution in [0.1, 0.15) is 44.0 Å². The molecular formula is C22H22Cl2N4O. The van der Waals surface area contributed by atoms with Crippen LogP contribution in [0.25, 0.3) is 22.0 Å². The lowest BCUT2D eigenvalue weighted by atomic mass is 10.0. The second-order valence-electron chi connectivity index (χ2n) is 7.94. The maximum Gasteiger partial charge on any atom is 0.150 e. The molecule has 2 aliphatic heterocycles. The van der Waals surface area contributed by atoms with Crippen molar-refractivity contribution >= 4 is 34.1 Å². The minimum atomic E-state index is -0.0203. The molecule has 2 aliphatic rings. The third-order valence-corrected chi connectivity index (χ3v) is 6.91. The third kappa shape index (κ3) is 3.24. The number of ether oxygens (including phenoxy) is 1. The minimum Gasteiger partial charge on any atom is -0.357 e. The molecule has 2 atom stereocenters. The van der Waals surface area contributed by atoms with E-state index in [-0.39, 0.29) is 12.1 Å². The van der Waals surface area contributed by atoms with Gasteiger partial charge in [-0.05, 0) is 44.6 Å². The summed E-state index contributed by atoms with van der Waals surface area (Å²) in [6, 6.07) is 6.34. The largest absolute Gasteiger partial charge is 0.357 e. The Balaban J connectivity index is 1.68. The van der Waals surface area contributed by atoms with Crippen LogP contribution in [0, 0.1) is 17.2 Å². The van der Waals surface area contributed by atoms with Gasteiger partial charge in [-0.3, -0.25) is 0 Å². The van der Waals surface area contributed by atoms with Gasteiger partial charge in [-0.2, -0.15) is 10.4 Å². The van der Waals surface area contributed by atoms with Crippen molar-refractivity contribution in [2.75, 3.05) is 6.61 Å². The molecule has 0 N–H and O–H groups in total. The summed E-state index contributed by atoms with van der Waals surface area (Å²) in [6.07, 6.45) is 10.0. The van der Waals surface area contributed by atoms with Gasteiger partial charge in [0.05, 0.1) is 33.7 Å². The molecule has 0 spiro atoms. The average molecular weight is 429 g/mol. The second kappa shape index (κ2) is 7.68. The molecule has 1 aromatic carbocycles. The third-order valence-electron chi connectivity index (χ3n) is 6.12. The number of fused-ring (bicyclic) bond motifs is 3. The van der Waals surface area contributed by atoms with Crippen molar-refractivity contribution in [3.8, 4) is 17.2 Å². The van der Waals surface area contributed by atoms with Crippen LogP contribution in [-0.4, -0.2) is 21.0 Å². The van der Waals surface area contributed by atoms with E-state index in [1.165, 1.54) is 5.69 Å². The van der Waals surface area contributed by atoms with Gasteiger partial charge in [0.2, 0.25) is 0 Å². The predicted molar refractivity (Wildman–Crippen MR) is 114 cm³/mol. The van der Waals surface area contributed by atoms with Crippen molar-refractivity contribution in [2.45, 2.75) is 51.3 Å². The van der Waals surface area contributed by atoms with E-state index < -0.39 is 0 Å². The first kappa shape index (κ1) is 19.0. The summed E-state index contributed by atoms with van der Waals surface area (Å²) in [5, 5.41) is 16.3. The van der Waals surface area contributed by atoms with Crippen LogP contribution in [0.3, 0.4) is 0 Å². The zero-order valence-corrected chi connectivity index (χ0v) is 17.6. The van der Waals surface area contributed by atoms with E-state index in [1.807, 2.05) is 23.0 Å². The first-order valence-electron chi connectivity index (χ1n) is 10.2. The molecule has 4 heterocycles. The Morgan fingerprint density at radius 3 is 2.86 bits per heavy atom. The Kier molecular flexibility index (Phi) is 5.03. The maximum absolute atomic E-state index is 9.56. The van der Waals surface area contributed by atoms with Gasteiger partial charge in [0.1, 0.15) is 6.23 Å². The molecule has 2 aromatic heterocycles. The Labute approximate surface area is 179 Å². The zero-order chi connectivity index (χ0) is 20.0. The van der Waals surface area contributed by atoms with E-state index in [2.05, 4.69) is 21.9 Å². The smallest absolute Gasteiger partial charge is 0.150 e. The minimum absolute atomic E-state index is 0.00554. The normalized spacial score (nSPS) is 22.2. The fourth-order valence-electron chi connectivity index (χ4n) is 4.70. The van der Waals surface area contributed by atoms with Crippen molar-refractivity contribution in [1.82, 2.24) is 14.3 Å². The highest BCUT2D eigenvalue weighted by atomic mass is 35.5. The first-order valence-corrected chi connectivity index (χ1v) is 11.0. The SMILES string of the molecule is N#CC1CCCc2c(-c3cnn(C4CCCCO4)c3)c3ccc(Cl)c(Cl)c3n2C1. The number of halogens is 2. The first-order chi connectivity index (χ1) is 14.2. The number of rotatable bonds is 2. The number of hydrogen-bond donors (Lipinski definition) is 0. The quantitative estimate of drug-likeness (QED) is 0.503. The fourth-order valence-corrected chi connectivity index (χ4v) is 5.12. The van der Waals surface area contributed by atoms with Gasteiger partial charge in [0, 0.05) is 41.6 Å². The standard InChI is InChI=1S/C22H22Cl2N4O/c23-17-8-7-16-20(15-11-26-28(13-15)19-6-1-2-9-29-19)18-5-3-4-14(10-25)12-27(18)22(16)21(17)24/h7-8,11,13-14,19H,1-6,9,12H2. The fraction of sp³-hybridized carbons (Fsp3) is 0.455. The van der Waals surface area contributed by atoms with Crippen LogP contribution in [0.4, 0.5) is 0 Å². The van der Waals surface area contributed by atoms with Gasteiger partial charge in [0.15, 0.2) is 0 Å². The van der Waals surface area contributed by atoms with Gasteiger partial charge in [-0.25, -0.2) is 4.68 Å². The molecule has 0 radical (unpaired) electrons. The Hall–Kier alpha value is -2.00. The molecular weight excluding hydrogens is 407 g/mol. The van der Waals surface area contributed by atoms with Gasteiger partial charge in [-0.15, -0.1) is 0 Å². The molecule has 29 heavy (non-hydrogen) atoms.